The third-order valence-corrected chi connectivity index (χ3v) is 3.35. The molecule has 0 heterocycles. The summed E-state index contributed by atoms with van der Waals surface area (Å²) in [5.74, 6) is 0.623. The van der Waals surface area contributed by atoms with Crippen molar-refractivity contribution in [2.24, 2.45) is 11.7 Å². The minimum atomic E-state index is -0.104. The van der Waals surface area contributed by atoms with E-state index in [0.717, 1.165) is 22.9 Å². The molecule has 0 amide bonds. The molecule has 15 heavy (non-hydrogen) atoms. The van der Waals surface area contributed by atoms with Crippen molar-refractivity contribution in [3.8, 4) is 5.75 Å². The van der Waals surface area contributed by atoms with E-state index in [0.29, 0.717) is 11.6 Å². The Labute approximate surface area is 103 Å². The molecular formula is C10H14BrClN2O. The summed E-state index contributed by atoms with van der Waals surface area (Å²) in [6, 6.07) is 3.39. The summed E-state index contributed by atoms with van der Waals surface area (Å²) in [6.07, 6.45) is 2.28. The third kappa shape index (κ3) is 2.38. The van der Waals surface area contributed by atoms with Gasteiger partial charge in [0.25, 0.3) is 0 Å². The van der Waals surface area contributed by atoms with Crippen LogP contribution in [-0.2, 0) is 0 Å². The van der Waals surface area contributed by atoms with Gasteiger partial charge in [-0.2, -0.15) is 0 Å². The molecule has 1 aromatic carbocycles. The molecule has 2 rings (SSSR count). The third-order valence-electron chi connectivity index (χ3n) is 2.66. The zero-order valence-corrected chi connectivity index (χ0v) is 10.5. The van der Waals surface area contributed by atoms with Gasteiger partial charge in [-0.3, -0.25) is 0 Å². The van der Waals surface area contributed by atoms with Crippen molar-refractivity contribution in [3.05, 3.63) is 22.2 Å². The highest BCUT2D eigenvalue weighted by molar-refractivity contribution is 9.10. The fraction of sp³-hybridized carbons (Fsp3) is 0.400. The summed E-state index contributed by atoms with van der Waals surface area (Å²) in [5.41, 5.74) is 12.8. The highest BCUT2D eigenvalue weighted by Gasteiger charge is 2.32. The molecule has 1 saturated carbocycles. The number of hydrogen-bond donors (Lipinski definition) is 3. The maximum atomic E-state index is 9.79. The number of phenols is 1. The number of nitrogen functional groups attached to an aromatic ring is 1. The first-order chi connectivity index (χ1) is 6.61. The first kappa shape index (κ1) is 12.6. The summed E-state index contributed by atoms with van der Waals surface area (Å²) < 4.78 is 0.837. The van der Waals surface area contributed by atoms with Crippen LogP contribution in [0.15, 0.2) is 16.6 Å². The van der Waals surface area contributed by atoms with Crippen molar-refractivity contribution < 1.29 is 5.11 Å². The van der Waals surface area contributed by atoms with Gasteiger partial charge >= 0.3 is 0 Å². The van der Waals surface area contributed by atoms with E-state index in [2.05, 4.69) is 15.9 Å². The van der Waals surface area contributed by atoms with Crippen molar-refractivity contribution in [1.29, 1.82) is 0 Å². The lowest BCUT2D eigenvalue weighted by atomic mass is 10.0. The Bertz CT molecular complexity index is 369. The van der Waals surface area contributed by atoms with E-state index < -0.39 is 0 Å². The summed E-state index contributed by atoms with van der Waals surface area (Å²) in [4.78, 5) is 0. The Morgan fingerprint density at radius 2 is 2.00 bits per heavy atom. The van der Waals surface area contributed by atoms with E-state index in [1.54, 1.807) is 6.07 Å². The van der Waals surface area contributed by atoms with Crippen molar-refractivity contribution in [3.63, 3.8) is 0 Å². The highest BCUT2D eigenvalue weighted by Crippen LogP contribution is 2.45. The molecule has 1 aliphatic rings. The lowest BCUT2D eigenvalue weighted by molar-refractivity contribution is 0.458. The summed E-state index contributed by atoms with van der Waals surface area (Å²) in [6.45, 7) is 0. The van der Waals surface area contributed by atoms with Gasteiger partial charge in [-0.25, -0.2) is 0 Å². The molecule has 1 atom stereocenters. The number of anilines is 1. The Balaban J connectivity index is 0.00000112. The second-order valence-corrected chi connectivity index (χ2v) is 4.62. The normalized spacial score (nSPS) is 16.9. The number of hydrogen-bond acceptors (Lipinski definition) is 3. The van der Waals surface area contributed by atoms with E-state index >= 15 is 0 Å². The zero-order chi connectivity index (χ0) is 10.3. The molecule has 1 aliphatic carbocycles. The van der Waals surface area contributed by atoms with Crippen molar-refractivity contribution in [2.45, 2.75) is 18.9 Å². The molecule has 0 aliphatic heterocycles. The minimum Gasteiger partial charge on any atom is -0.505 e. The minimum absolute atomic E-state index is 0. The van der Waals surface area contributed by atoms with Gasteiger partial charge < -0.3 is 16.6 Å². The van der Waals surface area contributed by atoms with Gasteiger partial charge in [-0.05, 0) is 30.9 Å². The zero-order valence-electron chi connectivity index (χ0n) is 8.11. The fourth-order valence-corrected chi connectivity index (χ4v) is 2.19. The van der Waals surface area contributed by atoms with Crippen LogP contribution >= 0.6 is 28.3 Å². The molecule has 1 fully saturated rings. The number of benzene rings is 1. The maximum Gasteiger partial charge on any atom is 0.144 e. The summed E-state index contributed by atoms with van der Waals surface area (Å²) in [5, 5.41) is 9.79. The number of nitrogens with two attached hydrogens (primary N) is 2. The van der Waals surface area contributed by atoms with Gasteiger partial charge in [-0.15, -0.1) is 12.4 Å². The van der Waals surface area contributed by atoms with Crippen LogP contribution in [0.5, 0.6) is 5.75 Å². The molecule has 1 aromatic rings. The second kappa shape index (κ2) is 4.60. The smallest absolute Gasteiger partial charge is 0.144 e. The molecule has 0 unspecified atom stereocenters. The van der Waals surface area contributed by atoms with Gasteiger partial charge in [0.05, 0.1) is 5.69 Å². The number of aromatic hydroxyl groups is 1. The molecule has 3 nitrogen and oxygen atoms in total. The van der Waals surface area contributed by atoms with Gasteiger partial charge in [0, 0.05) is 16.1 Å². The van der Waals surface area contributed by atoms with Crippen LogP contribution in [0.4, 0.5) is 5.69 Å². The monoisotopic (exact) mass is 292 g/mol. The molecule has 5 heteroatoms. The van der Waals surface area contributed by atoms with Crippen LogP contribution in [0.1, 0.15) is 24.4 Å². The Kier molecular flexibility index (Phi) is 3.87. The predicted octanol–water partition coefficient (Wildman–Crippen LogP) is 2.57. The van der Waals surface area contributed by atoms with Crippen molar-refractivity contribution in [1.82, 2.24) is 0 Å². The first-order valence-corrected chi connectivity index (χ1v) is 5.43. The standard InChI is InChI=1S/C10H13BrN2O.ClH/c11-6-3-4-7(12)10(14)8(6)9(13)5-1-2-5;/h3-5,9,14H,1-2,12-13H2;1H/t9-;/m0./s1. The molecule has 0 bridgehead atoms. The van der Waals surface area contributed by atoms with Crippen LogP contribution in [-0.4, -0.2) is 5.11 Å². The highest BCUT2D eigenvalue weighted by atomic mass is 79.9. The van der Waals surface area contributed by atoms with Crippen LogP contribution in [0.25, 0.3) is 0 Å². The van der Waals surface area contributed by atoms with E-state index in [9.17, 15) is 5.11 Å². The quantitative estimate of drug-likeness (QED) is 0.579. The molecule has 0 saturated heterocycles. The lowest BCUT2D eigenvalue weighted by Gasteiger charge is -2.15. The molecule has 0 radical (unpaired) electrons. The van der Waals surface area contributed by atoms with E-state index in [1.165, 1.54) is 0 Å². The topological polar surface area (TPSA) is 72.3 Å². The Morgan fingerprint density at radius 1 is 1.40 bits per heavy atom. The lowest BCUT2D eigenvalue weighted by Crippen LogP contribution is -2.13. The van der Waals surface area contributed by atoms with Crippen LogP contribution < -0.4 is 11.5 Å². The Hall–Kier alpha value is -0.450. The van der Waals surface area contributed by atoms with Gasteiger partial charge in [0.2, 0.25) is 0 Å². The fourth-order valence-electron chi connectivity index (χ4n) is 1.61. The van der Waals surface area contributed by atoms with Crippen LogP contribution in [0.3, 0.4) is 0 Å². The predicted molar refractivity (Wildman–Crippen MR) is 67.1 cm³/mol. The summed E-state index contributed by atoms with van der Waals surface area (Å²) in [7, 11) is 0. The molecular weight excluding hydrogens is 279 g/mol. The average Bonchev–Trinajstić information content (AvgIpc) is 2.95. The second-order valence-electron chi connectivity index (χ2n) is 3.76. The van der Waals surface area contributed by atoms with E-state index in [4.69, 9.17) is 11.5 Å². The summed E-state index contributed by atoms with van der Waals surface area (Å²) >= 11 is 3.38. The molecule has 0 spiro atoms. The number of rotatable bonds is 2. The van der Waals surface area contributed by atoms with Gasteiger partial charge in [0.15, 0.2) is 0 Å². The van der Waals surface area contributed by atoms with Crippen LogP contribution in [0.2, 0.25) is 0 Å². The largest absolute Gasteiger partial charge is 0.505 e. The van der Waals surface area contributed by atoms with E-state index in [1.807, 2.05) is 6.07 Å². The van der Waals surface area contributed by atoms with Crippen LogP contribution in [0, 0.1) is 5.92 Å². The van der Waals surface area contributed by atoms with Crippen molar-refractivity contribution in [2.75, 3.05) is 5.73 Å². The van der Waals surface area contributed by atoms with E-state index in [-0.39, 0.29) is 24.2 Å². The Morgan fingerprint density at radius 3 is 2.53 bits per heavy atom. The molecule has 0 aromatic heterocycles. The first-order valence-electron chi connectivity index (χ1n) is 4.63. The van der Waals surface area contributed by atoms with Gasteiger partial charge in [-0.1, -0.05) is 15.9 Å². The molecule has 84 valence electrons. The number of phenolic OH excluding ortho intramolecular Hbond substituents is 1. The van der Waals surface area contributed by atoms with Gasteiger partial charge in [0.1, 0.15) is 5.75 Å². The average molecular weight is 294 g/mol. The SMILES string of the molecule is Cl.Nc1ccc(Br)c([C@@H](N)C2CC2)c1O. The van der Waals surface area contributed by atoms with Crippen molar-refractivity contribution >= 4 is 34.0 Å². The maximum absolute atomic E-state index is 9.79. The number of halogens is 2. The molecule has 5 N–H and O–H groups in total.